The van der Waals surface area contributed by atoms with Gasteiger partial charge in [-0.05, 0) is 46.9 Å². The predicted molar refractivity (Wildman–Crippen MR) is 79.7 cm³/mol. The van der Waals surface area contributed by atoms with E-state index in [4.69, 9.17) is 9.47 Å². The van der Waals surface area contributed by atoms with E-state index in [0.29, 0.717) is 13.2 Å². The van der Waals surface area contributed by atoms with Gasteiger partial charge in [0.25, 0.3) is 5.56 Å². The minimum Gasteiger partial charge on any atom is -0.497 e. The maximum Gasteiger partial charge on any atom is 0.267 e. The Morgan fingerprint density at radius 1 is 1.26 bits per heavy atom. The molecule has 19 heavy (non-hydrogen) atoms. The summed E-state index contributed by atoms with van der Waals surface area (Å²) < 4.78 is 12.8. The molecule has 6 heteroatoms. The first kappa shape index (κ1) is 13.9. The van der Waals surface area contributed by atoms with E-state index in [-0.39, 0.29) is 5.56 Å². The van der Waals surface area contributed by atoms with Gasteiger partial charge in [0.15, 0.2) is 0 Å². The fourth-order valence-corrected chi connectivity index (χ4v) is 1.89. The number of aromatic nitrogens is 2. The van der Waals surface area contributed by atoms with Crippen LogP contribution in [0.15, 0.2) is 41.3 Å². The molecule has 0 N–H and O–H groups in total. The van der Waals surface area contributed by atoms with Crippen molar-refractivity contribution in [3.8, 4) is 11.5 Å². The molecule has 0 amide bonds. The van der Waals surface area contributed by atoms with Crippen molar-refractivity contribution < 1.29 is 9.47 Å². The van der Waals surface area contributed by atoms with Gasteiger partial charge >= 0.3 is 0 Å². The Bertz CT molecular complexity index is 596. The normalized spacial score (nSPS) is 10.2. The molecule has 0 aliphatic carbocycles. The fraction of sp³-hybridized carbons (Fsp3) is 0.231. The van der Waals surface area contributed by atoms with Crippen molar-refractivity contribution in [1.29, 1.82) is 0 Å². The van der Waals surface area contributed by atoms with Crippen LogP contribution in [0.2, 0.25) is 0 Å². The van der Waals surface area contributed by atoms with E-state index in [1.165, 1.54) is 4.68 Å². The Hall–Kier alpha value is -1.57. The summed E-state index contributed by atoms with van der Waals surface area (Å²) >= 11 is 2.06. The lowest BCUT2D eigenvalue weighted by atomic mass is 10.3. The topological polar surface area (TPSA) is 53.4 Å². The molecule has 0 saturated carbocycles. The van der Waals surface area contributed by atoms with E-state index in [1.54, 1.807) is 19.4 Å². The second kappa shape index (κ2) is 6.55. The second-order valence-corrected chi connectivity index (χ2v) is 5.00. The molecule has 0 spiro atoms. The summed E-state index contributed by atoms with van der Waals surface area (Å²) in [7, 11) is 1.62. The summed E-state index contributed by atoms with van der Waals surface area (Å²) in [4.78, 5) is 11.6. The molecule has 1 aromatic heterocycles. The molecule has 1 heterocycles. The lowest BCUT2D eigenvalue weighted by molar-refractivity contribution is 0.287. The molecule has 1 aromatic carbocycles. The van der Waals surface area contributed by atoms with Gasteiger partial charge < -0.3 is 9.47 Å². The highest BCUT2D eigenvalue weighted by Crippen LogP contribution is 2.16. The highest BCUT2D eigenvalue weighted by Gasteiger charge is 1.99. The number of methoxy groups -OCH3 is 1. The van der Waals surface area contributed by atoms with E-state index in [0.717, 1.165) is 15.1 Å². The van der Waals surface area contributed by atoms with Gasteiger partial charge in [-0.2, -0.15) is 5.10 Å². The average molecular weight is 372 g/mol. The number of ether oxygens (including phenoxy) is 2. The van der Waals surface area contributed by atoms with Gasteiger partial charge in [0.1, 0.15) is 18.1 Å². The van der Waals surface area contributed by atoms with Crippen LogP contribution in [0.5, 0.6) is 11.5 Å². The maximum absolute atomic E-state index is 11.6. The molecule has 0 aliphatic rings. The van der Waals surface area contributed by atoms with Crippen LogP contribution < -0.4 is 15.0 Å². The molecule has 2 aromatic rings. The van der Waals surface area contributed by atoms with E-state index >= 15 is 0 Å². The fourth-order valence-electron chi connectivity index (χ4n) is 1.50. The van der Waals surface area contributed by atoms with Gasteiger partial charge in [-0.15, -0.1) is 0 Å². The van der Waals surface area contributed by atoms with Gasteiger partial charge in [-0.3, -0.25) is 4.79 Å². The quantitative estimate of drug-likeness (QED) is 0.753. The van der Waals surface area contributed by atoms with Crippen LogP contribution in [-0.2, 0) is 6.54 Å². The van der Waals surface area contributed by atoms with Crippen LogP contribution in [0, 0.1) is 3.57 Å². The van der Waals surface area contributed by atoms with Gasteiger partial charge in [0.2, 0.25) is 0 Å². The van der Waals surface area contributed by atoms with Gasteiger partial charge in [0.05, 0.1) is 19.9 Å². The number of hydrogen-bond donors (Lipinski definition) is 0. The standard InChI is InChI=1S/C13H13IN2O3/c1-18-11-2-4-12(5-3-11)19-7-6-16-13(17)8-10(14)9-15-16/h2-5,8-9H,6-7H2,1H3. The third-order valence-corrected chi connectivity index (χ3v) is 3.06. The summed E-state index contributed by atoms with van der Waals surface area (Å²) in [6.07, 6.45) is 1.65. The molecule has 5 nitrogen and oxygen atoms in total. The minimum absolute atomic E-state index is 0.120. The summed E-state index contributed by atoms with van der Waals surface area (Å²) in [6.45, 7) is 0.807. The van der Waals surface area contributed by atoms with E-state index in [2.05, 4.69) is 27.7 Å². The van der Waals surface area contributed by atoms with Crippen LogP contribution in [0.1, 0.15) is 0 Å². The number of halogens is 1. The van der Waals surface area contributed by atoms with Gasteiger partial charge in [0, 0.05) is 9.64 Å². The first-order valence-electron chi connectivity index (χ1n) is 5.68. The molecule has 0 fully saturated rings. The number of rotatable bonds is 5. The third kappa shape index (κ3) is 3.95. The zero-order valence-electron chi connectivity index (χ0n) is 10.4. The van der Waals surface area contributed by atoms with Crippen molar-refractivity contribution in [2.75, 3.05) is 13.7 Å². The smallest absolute Gasteiger partial charge is 0.267 e. The Balaban J connectivity index is 1.90. The molecule has 0 aliphatic heterocycles. The van der Waals surface area contributed by atoms with Crippen molar-refractivity contribution in [2.24, 2.45) is 0 Å². The lowest BCUT2D eigenvalue weighted by Gasteiger charge is -2.08. The zero-order valence-corrected chi connectivity index (χ0v) is 12.5. The number of benzene rings is 1. The summed E-state index contributed by atoms with van der Waals surface area (Å²) in [6, 6.07) is 8.84. The molecule has 0 saturated heterocycles. The average Bonchev–Trinajstić information content (AvgIpc) is 2.42. The highest BCUT2D eigenvalue weighted by molar-refractivity contribution is 14.1. The van der Waals surface area contributed by atoms with Crippen LogP contribution >= 0.6 is 22.6 Å². The summed E-state index contributed by atoms with van der Waals surface area (Å²) in [5.74, 6) is 1.52. The molecular formula is C13H13IN2O3. The molecule has 0 radical (unpaired) electrons. The maximum atomic E-state index is 11.6. The monoisotopic (exact) mass is 372 g/mol. The number of nitrogens with zero attached hydrogens (tertiary/aromatic N) is 2. The van der Waals surface area contributed by atoms with Crippen LogP contribution in [0.25, 0.3) is 0 Å². The van der Waals surface area contributed by atoms with Crippen molar-refractivity contribution in [1.82, 2.24) is 9.78 Å². The largest absolute Gasteiger partial charge is 0.497 e. The first-order valence-corrected chi connectivity index (χ1v) is 6.76. The van der Waals surface area contributed by atoms with E-state index < -0.39 is 0 Å². The molecule has 0 atom stereocenters. The summed E-state index contributed by atoms with van der Waals surface area (Å²) in [5.41, 5.74) is -0.120. The van der Waals surface area contributed by atoms with Crippen molar-refractivity contribution >= 4 is 22.6 Å². The Morgan fingerprint density at radius 3 is 2.58 bits per heavy atom. The Morgan fingerprint density at radius 2 is 1.95 bits per heavy atom. The molecule has 0 unspecified atom stereocenters. The first-order chi connectivity index (χ1) is 9.19. The van der Waals surface area contributed by atoms with Crippen molar-refractivity contribution in [3.63, 3.8) is 0 Å². The second-order valence-electron chi connectivity index (χ2n) is 3.76. The van der Waals surface area contributed by atoms with Gasteiger partial charge in [-0.1, -0.05) is 0 Å². The predicted octanol–water partition coefficient (Wildman–Crippen LogP) is 1.94. The molecule has 100 valence electrons. The third-order valence-electron chi connectivity index (χ3n) is 2.47. The van der Waals surface area contributed by atoms with Crippen LogP contribution in [-0.4, -0.2) is 23.5 Å². The highest BCUT2D eigenvalue weighted by atomic mass is 127. The van der Waals surface area contributed by atoms with Crippen molar-refractivity contribution in [3.05, 3.63) is 50.5 Å². The van der Waals surface area contributed by atoms with Gasteiger partial charge in [-0.25, -0.2) is 4.68 Å². The molecule has 0 bridgehead atoms. The SMILES string of the molecule is COc1ccc(OCCn2ncc(I)cc2=O)cc1. The Kier molecular flexibility index (Phi) is 4.78. The van der Waals surface area contributed by atoms with Crippen molar-refractivity contribution in [2.45, 2.75) is 6.54 Å². The Labute approximate surface area is 124 Å². The number of hydrogen-bond acceptors (Lipinski definition) is 4. The van der Waals surface area contributed by atoms with Crippen LogP contribution in [0.4, 0.5) is 0 Å². The van der Waals surface area contributed by atoms with Crippen LogP contribution in [0.3, 0.4) is 0 Å². The molecule has 2 rings (SSSR count). The molecular weight excluding hydrogens is 359 g/mol. The minimum atomic E-state index is -0.120. The zero-order chi connectivity index (χ0) is 13.7. The summed E-state index contributed by atoms with van der Waals surface area (Å²) in [5, 5.41) is 4.03. The van der Waals surface area contributed by atoms with E-state index in [1.807, 2.05) is 24.3 Å². The van der Waals surface area contributed by atoms with E-state index in [9.17, 15) is 4.79 Å². The lowest BCUT2D eigenvalue weighted by Crippen LogP contribution is -2.25.